The van der Waals surface area contributed by atoms with Gasteiger partial charge in [-0.25, -0.2) is 9.59 Å². The van der Waals surface area contributed by atoms with E-state index in [1.54, 1.807) is 0 Å². The summed E-state index contributed by atoms with van der Waals surface area (Å²) >= 11 is 0. The molecule has 2 aromatic rings. The standard InChI is InChI=1S/C19H22N2O3/c1-13-9-10-14(2)16(11-13)20-19(23)21-17(18(22)24-3)12-15-7-5-4-6-8-15/h4-11,17H,12H2,1-3H3,(H2,20,21,23). The van der Waals surface area contributed by atoms with Gasteiger partial charge in [0.25, 0.3) is 0 Å². The molecule has 2 aromatic carbocycles. The third kappa shape index (κ3) is 4.84. The van der Waals surface area contributed by atoms with Gasteiger partial charge in [0, 0.05) is 12.1 Å². The number of hydrogen-bond donors (Lipinski definition) is 2. The Morgan fingerprint density at radius 2 is 1.79 bits per heavy atom. The second kappa shape index (κ2) is 8.15. The molecule has 24 heavy (non-hydrogen) atoms. The van der Waals surface area contributed by atoms with Crippen molar-refractivity contribution in [2.45, 2.75) is 26.3 Å². The summed E-state index contributed by atoms with van der Waals surface area (Å²) in [5.41, 5.74) is 3.66. The largest absolute Gasteiger partial charge is 0.467 e. The first-order valence-electron chi connectivity index (χ1n) is 7.76. The van der Waals surface area contributed by atoms with Crippen molar-refractivity contribution in [3.8, 4) is 0 Å². The Labute approximate surface area is 142 Å². The SMILES string of the molecule is COC(=O)C(Cc1ccccc1)NC(=O)Nc1cc(C)ccc1C. The highest BCUT2D eigenvalue weighted by Crippen LogP contribution is 2.16. The van der Waals surface area contributed by atoms with Crippen molar-refractivity contribution < 1.29 is 14.3 Å². The Morgan fingerprint density at radius 3 is 2.46 bits per heavy atom. The fraction of sp³-hybridized carbons (Fsp3) is 0.263. The Kier molecular flexibility index (Phi) is 5.95. The molecule has 5 nitrogen and oxygen atoms in total. The summed E-state index contributed by atoms with van der Waals surface area (Å²) in [5, 5.41) is 5.48. The van der Waals surface area contributed by atoms with E-state index in [1.165, 1.54) is 7.11 Å². The van der Waals surface area contributed by atoms with Gasteiger partial charge >= 0.3 is 12.0 Å². The Balaban J connectivity index is 2.07. The number of hydrogen-bond acceptors (Lipinski definition) is 3. The minimum Gasteiger partial charge on any atom is -0.467 e. The van der Waals surface area contributed by atoms with Crippen molar-refractivity contribution in [1.82, 2.24) is 5.32 Å². The summed E-state index contributed by atoms with van der Waals surface area (Å²) < 4.78 is 4.80. The molecule has 2 amide bonds. The van der Waals surface area contributed by atoms with E-state index in [1.807, 2.05) is 62.4 Å². The molecule has 0 fully saturated rings. The van der Waals surface area contributed by atoms with Crippen LogP contribution in [0.3, 0.4) is 0 Å². The second-order valence-corrected chi connectivity index (χ2v) is 5.68. The number of urea groups is 1. The first-order chi connectivity index (χ1) is 11.5. The van der Waals surface area contributed by atoms with E-state index < -0.39 is 18.0 Å². The quantitative estimate of drug-likeness (QED) is 0.829. The molecule has 0 spiro atoms. The third-order valence-corrected chi connectivity index (χ3v) is 3.71. The maximum absolute atomic E-state index is 12.3. The van der Waals surface area contributed by atoms with Gasteiger partial charge in [-0.15, -0.1) is 0 Å². The van der Waals surface area contributed by atoms with Crippen LogP contribution >= 0.6 is 0 Å². The Hall–Kier alpha value is -2.82. The average molecular weight is 326 g/mol. The number of carbonyl (C=O) groups excluding carboxylic acids is 2. The number of ether oxygens (including phenoxy) is 1. The molecule has 2 N–H and O–H groups in total. The van der Waals surface area contributed by atoms with E-state index in [0.717, 1.165) is 22.4 Å². The van der Waals surface area contributed by atoms with Crippen molar-refractivity contribution in [3.63, 3.8) is 0 Å². The molecule has 1 atom stereocenters. The second-order valence-electron chi connectivity index (χ2n) is 5.68. The van der Waals surface area contributed by atoms with Crippen molar-refractivity contribution in [1.29, 1.82) is 0 Å². The van der Waals surface area contributed by atoms with Crippen LogP contribution in [0.1, 0.15) is 16.7 Å². The van der Waals surface area contributed by atoms with E-state index in [9.17, 15) is 9.59 Å². The van der Waals surface area contributed by atoms with Crippen LogP contribution in [0.25, 0.3) is 0 Å². The molecule has 2 rings (SSSR count). The van der Waals surface area contributed by atoms with Crippen LogP contribution < -0.4 is 10.6 Å². The van der Waals surface area contributed by atoms with Gasteiger partial charge in [-0.1, -0.05) is 42.5 Å². The highest BCUT2D eigenvalue weighted by Gasteiger charge is 2.22. The van der Waals surface area contributed by atoms with Crippen LogP contribution in [-0.4, -0.2) is 25.2 Å². The van der Waals surface area contributed by atoms with Crippen LogP contribution in [0.15, 0.2) is 48.5 Å². The molecule has 0 aliphatic carbocycles. The maximum Gasteiger partial charge on any atom is 0.328 e. The smallest absolute Gasteiger partial charge is 0.328 e. The summed E-state index contributed by atoms with van der Waals surface area (Å²) in [4.78, 5) is 24.2. The van der Waals surface area contributed by atoms with Crippen LogP contribution in [0.5, 0.6) is 0 Å². The summed E-state index contributed by atoms with van der Waals surface area (Å²) in [6.07, 6.45) is 0.369. The molecule has 0 aliphatic rings. The Morgan fingerprint density at radius 1 is 1.08 bits per heavy atom. The van der Waals surface area contributed by atoms with Gasteiger partial charge in [-0.05, 0) is 36.6 Å². The van der Waals surface area contributed by atoms with Gasteiger partial charge in [-0.2, -0.15) is 0 Å². The van der Waals surface area contributed by atoms with Gasteiger partial charge in [0.2, 0.25) is 0 Å². The average Bonchev–Trinajstić information content (AvgIpc) is 2.57. The zero-order chi connectivity index (χ0) is 17.5. The summed E-state index contributed by atoms with van der Waals surface area (Å²) in [6, 6.07) is 14.1. The zero-order valence-corrected chi connectivity index (χ0v) is 14.1. The third-order valence-electron chi connectivity index (χ3n) is 3.71. The van der Waals surface area contributed by atoms with E-state index >= 15 is 0 Å². The van der Waals surface area contributed by atoms with Gasteiger partial charge in [0.1, 0.15) is 6.04 Å². The first kappa shape index (κ1) is 17.5. The lowest BCUT2D eigenvalue weighted by Gasteiger charge is -2.18. The van der Waals surface area contributed by atoms with Crippen LogP contribution in [0, 0.1) is 13.8 Å². The molecule has 0 bridgehead atoms. The van der Waals surface area contributed by atoms with Crippen molar-refractivity contribution >= 4 is 17.7 Å². The molecule has 1 unspecified atom stereocenters. The minimum atomic E-state index is -0.748. The van der Waals surface area contributed by atoms with Gasteiger partial charge in [0.05, 0.1) is 7.11 Å². The number of benzene rings is 2. The normalized spacial score (nSPS) is 11.5. The molecule has 0 aliphatic heterocycles. The fourth-order valence-electron chi connectivity index (χ4n) is 2.37. The molecule has 5 heteroatoms. The van der Waals surface area contributed by atoms with Crippen LogP contribution in [0.2, 0.25) is 0 Å². The molecular formula is C19H22N2O3. The fourth-order valence-corrected chi connectivity index (χ4v) is 2.37. The molecule has 0 saturated heterocycles. The van der Waals surface area contributed by atoms with Crippen molar-refractivity contribution in [3.05, 3.63) is 65.2 Å². The zero-order valence-electron chi connectivity index (χ0n) is 14.1. The lowest BCUT2D eigenvalue weighted by Crippen LogP contribution is -2.45. The molecule has 0 radical (unpaired) electrons. The molecular weight excluding hydrogens is 304 g/mol. The lowest BCUT2D eigenvalue weighted by molar-refractivity contribution is -0.142. The first-order valence-corrected chi connectivity index (χ1v) is 7.76. The number of aryl methyl sites for hydroxylation is 2. The van der Waals surface area contributed by atoms with Crippen LogP contribution in [0.4, 0.5) is 10.5 Å². The number of anilines is 1. The lowest BCUT2D eigenvalue weighted by atomic mass is 10.1. The van der Waals surface area contributed by atoms with E-state index in [-0.39, 0.29) is 0 Å². The number of methoxy groups -OCH3 is 1. The number of amides is 2. The maximum atomic E-state index is 12.3. The predicted molar refractivity (Wildman–Crippen MR) is 94.0 cm³/mol. The molecule has 0 aromatic heterocycles. The number of esters is 1. The van der Waals surface area contributed by atoms with Crippen molar-refractivity contribution in [2.75, 3.05) is 12.4 Å². The van der Waals surface area contributed by atoms with Gasteiger partial charge in [-0.3, -0.25) is 0 Å². The molecule has 0 heterocycles. The monoisotopic (exact) mass is 326 g/mol. The van der Waals surface area contributed by atoms with Crippen molar-refractivity contribution in [2.24, 2.45) is 0 Å². The Bertz CT molecular complexity index is 714. The number of carbonyl (C=O) groups is 2. The molecule has 0 saturated carbocycles. The van der Waals surface area contributed by atoms with Crippen LogP contribution in [-0.2, 0) is 16.0 Å². The minimum absolute atomic E-state index is 0.369. The van der Waals surface area contributed by atoms with E-state index in [4.69, 9.17) is 4.74 Å². The summed E-state index contributed by atoms with van der Waals surface area (Å²) in [7, 11) is 1.31. The number of rotatable bonds is 5. The number of nitrogens with one attached hydrogen (secondary N) is 2. The van der Waals surface area contributed by atoms with E-state index in [0.29, 0.717) is 6.42 Å². The predicted octanol–water partition coefficient (Wildman–Crippen LogP) is 3.21. The van der Waals surface area contributed by atoms with E-state index in [2.05, 4.69) is 10.6 Å². The summed E-state index contributed by atoms with van der Waals surface area (Å²) in [6.45, 7) is 3.87. The summed E-state index contributed by atoms with van der Waals surface area (Å²) in [5.74, 6) is -0.477. The topological polar surface area (TPSA) is 67.4 Å². The van der Waals surface area contributed by atoms with Gasteiger partial charge < -0.3 is 15.4 Å². The highest BCUT2D eigenvalue weighted by atomic mass is 16.5. The highest BCUT2D eigenvalue weighted by molar-refractivity contribution is 5.93. The molecule has 126 valence electrons. The van der Waals surface area contributed by atoms with Gasteiger partial charge in [0.15, 0.2) is 0 Å².